The van der Waals surface area contributed by atoms with E-state index >= 15 is 0 Å². The highest BCUT2D eigenvalue weighted by atomic mass is 19.1. The van der Waals surface area contributed by atoms with E-state index in [0.717, 1.165) is 5.56 Å². The van der Waals surface area contributed by atoms with Gasteiger partial charge in [0.25, 0.3) is 11.8 Å². The molecule has 2 aromatic carbocycles. The summed E-state index contributed by atoms with van der Waals surface area (Å²) in [5, 5.41) is 5.52. The Kier molecular flexibility index (Phi) is 5.89. The van der Waals surface area contributed by atoms with Crippen molar-refractivity contribution >= 4 is 17.5 Å². The molecule has 0 fully saturated rings. The zero-order valence-corrected chi connectivity index (χ0v) is 14.5. The van der Waals surface area contributed by atoms with Crippen LogP contribution >= 0.6 is 0 Å². The van der Waals surface area contributed by atoms with Crippen LogP contribution in [0.4, 0.5) is 10.1 Å². The van der Waals surface area contributed by atoms with Crippen LogP contribution in [0.15, 0.2) is 72.9 Å². The van der Waals surface area contributed by atoms with E-state index in [1.54, 1.807) is 30.3 Å². The molecule has 2 amide bonds. The third-order valence-corrected chi connectivity index (χ3v) is 3.90. The summed E-state index contributed by atoms with van der Waals surface area (Å²) in [5.41, 5.74) is 2.08. The zero-order valence-electron chi connectivity index (χ0n) is 14.5. The highest BCUT2D eigenvalue weighted by Gasteiger charge is 2.12. The van der Waals surface area contributed by atoms with E-state index in [9.17, 15) is 14.0 Å². The van der Waals surface area contributed by atoms with Crippen LogP contribution < -0.4 is 10.6 Å². The molecular formula is C21H18FN3O2. The van der Waals surface area contributed by atoms with Gasteiger partial charge in [-0.05, 0) is 48.4 Å². The van der Waals surface area contributed by atoms with Crippen molar-refractivity contribution in [2.45, 2.75) is 6.42 Å². The molecule has 27 heavy (non-hydrogen) atoms. The van der Waals surface area contributed by atoms with Crippen LogP contribution in [0.1, 0.15) is 26.4 Å². The molecule has 0 spiro atoms. The van der Waals surface area contributed by atoms with Crippen LogP contribution in [0.2, 0.25) is 0 Å². The Morgan fingerprint density at radius 3 is 2.41 bits per heavy atom. The number of anilines is 1. The Bertz CT molecular complexity index is 928. The van der Waals surface area contributed by atoms with Gasteiger partial charge in [-0.1, -0.05) is 30.3 Å². The number of hydrogen-bond acceptors (Lipinski definition) is 3. The largest absolute Gasteiger partial charge is 0.352 e. The zero-order chi connectivity index (χ0) is 19.1. The molecule has 0 unspecified atom stereocenters. The molecule has 0 saturated carbocycles. The van der Waals surface area contributed by atoms with Gasteiger partial charge >= 0.3 is 0 Å². The first-order valence-corrected chi connectivity index (χ1v) is 8.47. The van der Waals surface area contributed by atoms with Crippen LogP contribution in [-0.2, 0) is 6.42 Å². The molecule has 0 saturated heterocycles. The fourth-order valence-electron chi connectivity index (χ4n) is 2.49. The van der Waals surface area contributed by atoms with Gasteiger partial charge in [0.05, 0.1) is 0 Å². The molecule has 136 valence electrons. The van der Waals surface area contributed by atoms with Gasteiger partial charge in [0, 0.05) is 24.0 Å². The average Bonchev–Trinajstić information content (AvgIpc) is 2.70. The van der Waals surface area contributed by atoms with E-state index in [4.69, 9.17) is 0 Å². The van der Waals surface area contributed by atoms with Gasteiger partial charge in [-0.25, -0.2) is 4.39 Å². The van der Waals surface area contributed by atoms with E-state index in [1.807, 2.05) is 18.2 Å². The van der Waals surface area contributed by atoms with Crippen molar-refractivity contribution in [2.75, 3.05) is 11.9 Å². The van der Waals surface area contributed by atoms with Crippen molar-refractivity contribution in [2.24, 2.45) is 0 Å². The molecule has 0 bridgehead atoms. The summed E-state index contributed by atoms with van der Waals surface area (Å²) in [6, 6.07) is 18.1. The van der Waals surface area contributed by atoms with E-state index < -0.39 is 0 Å². The lowest BCUT2D eigenvalue weighted by Crippen LogP contribution is -2.26. The van der Waals surface area contributed by atoms with E-state index in [0.29, 0.717) is 24.2 Å². The number of hydrogen-bond donors (Lipinski definition) is 2. The average molecular weight is 363 g/mol. The second kappa shape index (κ2) is 8.71. The Balaban J connectivity index is 1.58. The Hall–Kier alpha value is -3.54. The van der Waals surface area contributed by atoms with Gasteiger partial charge in [0.2, 0.25) is 0 Å². The van der Waals surface area contributed by atoms with Gasteiger partial charge in [-0.3, -0.25) is 14.6 Å². The number of rotatable bonds is 6. The first-order valence-electron chi connectivity index (χ1n) is 8.47. The highest BCUT2D eigenvalue weighted by molar-refractivity contribution is 6.04. The maximum Gasteiger partial charge on any atom is 0.274 e. The maximum absolute atomic E-state index is 12.9. The van der Waals surface area contributed by atoms with Gasteiger partial charge in [-0.15, -0.1) is 0 Å². The molecule has 0 radical (unpaired) electrons. The minimum Gasteiger partial charge on any atom is -0.352 e. The summed E-state index contributed by atoms with van der Waals surface area (Å²) >= 11 is 0. The highest BCUT2D eigenvalue weighted by Crippen LogP contribution is 2.09. The lowest BCUT2D eigenvalue weighted by molar-refractivity contribution is 0.0954. The van der Waals surface area contributed by atoms with Crippen molar-refractivity contribution in [1.29, 1.82) is 0 Å². The standard InChI is InChI=1S/C21H18FN3O2/c22-17-8-6-15(7-9-17)10-12-24-20(26)16-11-13-23-19(14-16)21(27)25-18-4-2-1-3-5-18/h1-9,11,13-14H,10,12H2,(H,24,26)(H,25,27). The summed E-state index contributed by atoms with van der Waals surface area (Å²) in [7, 11) is 0. The SMILES string of the molecule is O=C(NCCc1ccc(F)cc1)c1ccnc(C(=O)Nc2ccccc2)c1. The quantitative estimate of drug-likeness (QED) is 0.705. The van der Waals surface area contributed by atoms with Crippen molar-refractivity contribution in [3.63, 3.8) is 0 Å². The summed E-state index contributed by atoms with van der Waals surface area (Å²) in [5.74, 6) is -0.976. The molecule has 6 heteroatoms. The van der Waals surface area contributed by atoms with Gasteiger partial charge < -0.3 is 10.6 Å². The third-order valence-electron chi connectivity index (χ3n) is 3.90. The Morgan fingerprint density at radius 1 is 0.926 bits per heavy atom. The molecule has 0 atom stereocenters. The number of nitrogens with zero attached hydrogens (tertiary/aromatic N) is 1. The monoisotopic (exact) mass is 363 g/mol. The number of halogens is 1. The molecule has 1 heterocycles. The van der Waals surface area contributed by atoms with E-state index in [-0.39, 0.29) is 23.3 Å². The smallest absolute Gasteiger partial charge is 0.274 e. The molecule has 3 rings (SSSR count). The number of amides is 2. The molecule has 5 nitrogen and oxygen atoms in total. The molecular weight excluding hydrogens is 345 g/mol. The van der Waals surface area contributed by atoms with E-state index in [1.165, 1.54) is 24.4 Å². The number of aromatic nitrogens is 1. The molecule has 0 aliphatic carbocycles. The van der Waals surface area contributed by atoms with Crippen LogP contribution in [0, 0.1) is 5.82 Å². The molecule has 2 N–H and O–H groups in total. The van der Waals surface area contributed by atoms with Crippen LogP contribution in [0.5, 0.6) is 0 Å². The van der Waals surface area contributed by atoms with Gasteiger partial charge in [-0.2, -0.15) is 0 Å². The fourth-order valence-corrected chi connectivity index (χ4v) is 2.49. The minimum atomic E-state index is -0.387. The van der Waals surface area contributed by atoms with Crippen molar-refractivity contribution in [3.8, 4) is 0 Å². The lowest BCUT2D eigenvalue weighted by atomic mass is 10.1. The minimum absolute atomic E-state index is 0.157. The van der Waals surface area contributed by atoms with E-state index in [2.05, 4.69) is 15.6 Å². The lowest BCUT2D eigenvalue weighted by Gasteiger charge is -2.08. The predicted molar refractivity (Wildman–Crippen MR) is 101 cm³/mol. The topological polar surface area (TPSA) is 71.1 Å². The number of pyridine rings is 1. The maximum atomic E-state index is 12.9. The molecule has 0 aliphatic rings. The predicted octanol–water partition coefficient (Wildman–Crippen LogP) is 3.45. The normalized spacial score (nSPS) is 10.3. The Labute approximate surface area is 156 Å². The third kappa shape index (κ3) is 5.22. The summed E-state index contributed by atoms with van der Waals surface area (Å²) < 4.78 is 12.9. The van der Waals surface area contributed by atoms with Crippen molar-refractivity contribution < 1.29 is 14.0 Å². The number of benzene rings is 2. The number of carbonyl (C=O) groups excluding carboxylic acids is 2. The first kappa shape index (κ1) is 18.3. The molecule has 3 aromatic rings. The summed E-state index contributed by atoms with van der Waals surface area (Å²) in [6.45, 7) is 0.401. The molecule has 1 aromatic heterocycles. The Morgan fingerprint density at radius 2 is 1.67 bits per heavy atom. The van der Waals surface area contributed by atoms with Crippen LogP contribution in [0.25, 0.3) is 0 Å². The summed E-state index contributed by atoms with van der Waals surface area (Å²) in [4.78, 5) is 28.6. The fraction of sp³-hybridized carbons (Fsp3) is 0.0952. The summed E-state index contributed by atoms with van der Waals surface area (Å²) in [6.07, 6.45) is 2.01. The first-order chi connectivity index (χ1) is 13.1. The van der Waals surface area contributed by atoms with Gasteiger partial charge in [0.15, 0.2) is 0 Å². The second-order valence-electron chi connectivity index (χ2n) is 5.88. The van der Waals surface area contributed by atoms with Crippen molar-refractivity contribution in [3.05, 3.63) is 95.6 Å². The number of carbonyl (C=O) groups is 2. The number of para-hydroxylation sites is 1. The van der Waals surface area contributed by atoms with Crippen LogP contribution in [-0.4, -0.2) is 23.3 Å². The number of nitrogens with one attached hydrogen (secondary N) is 2. The molecule has 0 aliphatic heterocycles. The van der Waals surface area contributed by atoms with Crippen molar-refractivity contribution in [1.82, 2.24) is 10.3 Å². The van der Waals surface area contributed by atoms with Gasteiger partial charge in [0.1, 0.15) is 11.5 Å². The second-order valence-corrected chi connectivity index (χ2v) is 5.88. The van der Waals surface area contributed by atoms with Crippen LogP contribution in [0.3, 0.4) is 0 Å².